The summed E-state index contributed by atoms with van der Waals surface area (Å²) in [5.74, 6) is 0.568. The van der Waals surface area contributed by atoms with Crippen molar-refractivity contribution in [2.75, 3.05) is 33.4 Å². The Morgan fingerprint density at radius 1 is 1.00 bits per heavy atom. The second-order valence-corrected chi connectivity index (χ2v) is 16.5. The van der Waals surface area contributed by atoms with Crippen LogP contribution >= 0.6 is 23.2 Å². The van der Waals surface area contributed by atoms with E-state index in [4.69, 9.17) is 47.4 Å². The third kappa shape index (κ3) is 8.12. The van der Waals surface area contributed by atoms with E-state index in [2.05, 4.69) is 39.4 Å². The highest BCUT2D eigenvalue weighted by atomic mass is 35.5. The fourth-order valence-electron chi connectivity index (χ4n) is 9.11. The van der Waals surface area contributed by atoms with Gasteiger partial charge >= 0.3 is 5.97 Å². The van der Waals surface area contributed by atoms with Gasteiger partial charge in [-0.15, -0.1) is 0 Å². The highest BCUT2D eigenvalue weighted by Crippen LogP contribution is 2.47. The number of nitrogens with one attached hydrogen (secondary N) is 2. The molecule has 14 heteroatoms. The second-order valence-electron chi connectivity index (χ2n) is 15.7. The number of aliphatic carboxylic acids is 1. The fourth-order valence-corrected chi connectivity index (χ4v) is 9.65. The zero-order chi connectivity index (χ0) is 40.4. The molecule has 9 rings (SSSR count). The lowest BCUT2D eigenvalue weighted by Gasteiger charge is -2.50. The first kappa shape index (κ1) is 40.0. The number of ether oxygens (including phenoxy) is 3. The van der Waals surface area contributed by atoms with Gasteiger partial charge in [0.2, 0.25) is 23.5 Å². The maximum absolute atomic E-state index is 12.3. The minimum Gasteiger partial charge on any atom is -0.481 e. The van der Waals surface area contributed by atoms with Crippen molar-refractivity contribution in [3.05, 3.63) is 86.9 Å². The first-order chi connectivity index (χ1) is 28.2. The van der Waals surface area contributed by atoms with Crippen LogP contribution in [0.25, 0.3) is 22.4 Å². The summed E-state index contributed by atoms with van der Waals surface area (Å²) in [5, 5.41) is 17.4. The number of aromatic nitrogens is 2. The van der Waals surface area contributed by atoms with Gasteiger partial charge in [0.25, 0.3) is 0 Å². The van der Waals surface area contributed by atoms with E-state index in [1.165, 1.54) is 0 Å². The molecule has 0 unspecified atom stereocenters. The first-order valence-electron chi connectivity index (χ1n) is 20.0. The minimum atomic E-state index is -0.722. The summed E-state index contributed by atoms with van der Waals surface area (Å²) >= 11 is 14.1. The van der Waals surface area contributed by atoms with Crippen LogP contribution in [0.15, 0.2) is 59.6 Å². The summed E-state index contributed by atoms with van der Waals surface area (Å²) in [4.78, 5) is 39.7. The van der Waals surface area contributed by atoms with Gasteiger partial charge in [0.05, 0.1) is 29.8 Å². The number of nitrogens with zero attached hydrogens (tertiary/aromatic N) is 4. The molecule has 0 radical (unpaired) electrons. The monoisotopic (exact) mass is 826 g/mol. The lowest BCUT2D eigenvalue weighted by atomic mass is 9.67. The van der Waals surface area contributed by atoms with Gasteiger partial charge in [-0.05, 0) is 80.5 Å². The number of carbonyl (C=O) groups is 2. The third-order valence-corrected chi connectivity index (χ3v) is 12.9. The van der Waals surface area contributed by atoms with Crippen LogP contribution in [-0.4, -0.2) is 84.0 Å². The van der Waals surface area contributed by atoms with Crippen LogP contribution in [0.5, 0.6) is 17.6 Å². The number of halogens is 2. The highest BCUT2D eigenvalue weighted by Gasteiger charge is 2.49. The smallest absolute Gasteiger partial charge is 0.310 e. The molecule has 12 nitrogen and oxygen atoms in total. The number of aliphatic imine (C=N–C) groups is 1. The number of fused-ring (bicyclic) bond motifs is 4. The molecule has 2 bridgehead atoms. The number of amides is 1. The van der Waals surface area contributed by atoms with E-state index in [9.17, 15) is 14.7 Å². The summed E-state index contributed by atoms with van der Waals surface area (Å²) in [6, 6.07) is 18.4. The van der Waals surface area contributed by atoms with Gasteiger partial charge in [-0.1, -0.05) is 65.7 Å². The molecule has 4 aromatic rings. The van der Waals surface area contributed by atoms with Crippen LogP contribution in [0.4, 0.5) is 0 Å². The van der Waals surface area contributed by atoms with Crippen LogP contribution in [0, 0.1) is 5.41 Å². The van der Waals surface area contributed by atoms with Gasteiger partial charge in [-0.3, -0.25) is 19.5 Å². The van der Waals surface area contributed by atoms with Crippen molar-refractivity contribution in [1.82, 2.24) is 25.5 Å². The number of hydrogen-bond donors (Lipinski definition) is 3. The molecule has 2 aliphatic carbocycles. The molecule has 1 saturated carbocycles. The predicted molar refractivity (Wildman–Crippen MR) is 223 cm³/mol. The zero-order valence-corrected chi connectivity index (χ0v) is 34.1. The lowest BCUT2D eigenvalue weighted by molar-refractivity contribution is -0.160. The van der Waals surface area contributed by atoms with Gasteiger partial charge < -0.3 is 30.0 Å². The first-order valence-corrected chi connectivity index (χ1v) is 20.8. The predicted octanol–water partition coefficient (Wildman–Crippen LogP) is 7.47. The molecule has 0 spiro atoms. The zero-order valence-electron chi connectivity index (χ0n) is 32.6. The molecule has 3 N–H and O–H groups in total. The Morgan fingerprint density at radius 2 is 1.79 bits per heavy atom. The van der Waals surface area contributed by atoms with Gasteiger partial charge in [-0.2, -0.15) is 4.98 Å². The maximum atomic E-state index is 12.3. The Bertz CT molecular complexity index is 2210. The number of carboxylic acid groups (broad SMARTS) is 1. The van der Waals surface area contributed by atoms with Gasteiger partial charge in [-0.25, -0.2) is 4.98 Å². The summed E-state index contributed by atoms with van der Waals surface area (Å²) in [6.07, 6.45) is 5.69. The van der Waals surface area contributed by atoms with Crippen molar-refractivity contribution in [2.45, 2.75) is 82.6 Å². The maximum Gasteiger partial charge on any atom is 0.310 e. The third-order valence-electron chi connectivity index (χ3n) is 12.2. The molecular formula is C44H48Cl2N6O6. The fraction of sp³-hybridized carbons (Fsp3) is 0.432. The molecule has 3 saturated heterocycles. The number of rotatable bonds is 16. The highest BCUT2D eigenvalue weighted by molar-refractivity contribution is 6.36. The molecule has 58 heavy (non-hydrogen) atoms. The Hall–Kier alpha value is -4.75. The summed E-state index contributed by atoms with van der Waals surface area (Å²) in [7, 11) is 1.61. The molecule has 4 fully saturated rings. The molecule has 2 aromatic heterocycles. The molecule has 1 amide bonds. The van der Waals surface area contributed by atoms with E-state index >= 15 is 0 Å². The molecule has 2 aromatic carbocycles. The van der Waals surface area contributed by atoms with Crippen LogP contribution in [0.1, 0.15) is 73.3 Å². The molecule has 304 valence electrons. The molecule has 2 atom stereocenters. The normalized spacial score (nSPS) is 22.4. The van der Waals surface area contributed by atoms with E-state index in [-0.39, 0.29) is 30.5 Å². The number of carbonyl (C=O) groups excluding carboxylic acids is 1. The molecule has 3 aliphatic heterocycles. The standard InChI is InChI=1S/C44H48Cl2N6O6/c1-47-19-20-57-41-27(24-52-25-44(43(54)55)17-15-29(52)16-18-44)21-35(45)42(51-41)58-37-13-11-31-30(5-3-6-32(31)37)33-7-4-8-34(39(33)46)36-12-9-26(40(50-36)56-2)22-48-23-28-10-14-38(53)49-28/h3-9,12,21,28-29,37,48H,1,10-11,13-20,22-25H2,2H3,(H,49,53)(H,54,55)/t28-,29?,37-,44?/m0/s1. The second kappa shape index (κ2) is 17.2. The van der Waals surface area contributed by atoms with Gasteiger partial charge in [0, 0.05) is 66.9 Å². The van der Waals surface area contributed by atoms with E-state index in [1.807, 2.05) is 42.5 Å². The average Bonchev–Trinajstić information content (AvgIpc) is 3.85. The minimum absolute atomic E-state index is 0.0974. The molecule has 5 heterocycles. The van der Waals surface area contributed by atoms with Crippen molar-refractivity contribution < 1.29 is 28.9 Å². The van der Waals surface area contributed by atoms with Crippen molar-refractivity contribution in [3.63, 3.8) is 0 Å². The van der Waals surface area contributed by atoms with E-state index in [0.29, 0.717) is 91.9 Å². The topological polar surface area (TPSA) is 148 Å². The quantitative estimate of drug-likeness (QED) is 0.0768. The molecular weight excluding hydrogens is 779 g/mol. The van der Waals surface area contributed by atoms with Crippen molar-refractivity contribution >= 4 is 41.8 Å². The number of piperidine rings is 2. The largest absolute Gasteiger partial charge is 0.481 e. The number of benzene rings is 2. The SMILES string of the molecule is C=NCCOc1nc(O[C@H]2CCc3c(-c4cccc(-c5ccc(CNC[C@@H]6CCC(=O)N6)c(OC)n5)c4Cl)cccc32)c(Cl)cc1CN1CC2(C(=O)O)CCC1CC2. The Balaban J connectivity index is 1.01. The summed E-state index contributed by atoms with van der Waals surface area (Å²) in [5.41, 5.74) is 6.57. The number of hydrogen-bond acceptors (Lipinski definition) is 10. The average molecular weight is 828 g/mol. The van der Waals surface area contributed by atoms with Gasteiger partial charge in [0.15, 0.2) is 0 Å². The summed E-state index contributed by atoms with van der Waals surface area (Å²) in [6.45, 7) is 6.45. The summed E-state index contributed by atoms with van der Waals surface area (Å²) < 4.78 is 18.4. The van der Waals surface area contributed by atoms with Crippen LogP contribution in [-0.2, 0) is 29.1 Å². The Morgan fingerprint density at radius 3 is 2.55 bits per heavy atom. The number of pyridine rings is 2. The Kier molecular flexibility index (Phi) is 11.9. The lowest BCUT2D eigenvalue weighted by Crippen LogP contribution is -2.56. The van der Waals surface area contributed by atoms with Crippen molar-refractivity contribution in [3.8, 4) is 40.0 Å². The van der Waals surface area contributed by atoms with Crippen LogP contribution in [0.3, 0.4) is 0 Å². The van der Waals surface area contributed by atoms with E-state index in [1.54, 1.807) is 7.11 Å². The number of carboxylic acids is 1. The van der Waals surface area contributed by atoms with E-state index in [0.717, 1.165) is 64.6 Å². The van der Waals surface area contributed by atoms with Gasteiger partial charge in [0.1, 0.15) is 17.7 Å². The number of methoxy groups -OCH3 is 1. The van der Waals surface area contributed by atoms with Crippen molar-refractivity contribution in [2.24, 2.45) is 10.4 Å². The Labute approximate surface area is 348 Å². The van der Waals surface area contributed by atoms with Crippen molar-refractivity contribution in [1.29, 1.82) is 0 Å². The van der Waals surface area contributed by atoms with E-state index < -0.39 is 11.4 Å². The molecule has 5 aliphatic rings. The van der Waals surface area contributed by atoms with Crippen LogP contribution < -0.4 is 24.8 Å². The van der Waals surface area contributed by atoms with Crippen LogP contribution in [0.2, 0.25) is 10.0 Å².